The third kappa shape index (κ3) is 5.64. The highest BCUT2D eigenvalue weighted by molar-refractivity contribution is 5.70. The Morgan fingerprint density at radius 1 is 1.27 bits per heavy atom. The fourth-order valence-electron chi connectivity index (χ4n) is 0.529. The van der Waals surface area contributed by atoms with Crippen molar-refractivity contribution in [3.05, 3.63) is 12.3 Å². The molecule has 0 rings (SSSR count). The number of allylic oxidation sites excluding steroid dienone is 1. The van der Waals surface area contributed by atoms with Gasteiger partial charge in [-0.3, -0.25) is 4.99 Å². The minimum absolute atomic E-state index is 0.525. The summed E-state index contributed by atoms with van der Waals surface area (Å²) in [7, 11) is 1.76. The standard InChI is InChI=1S/C9H18N2/c1-8(2)9(3)11-7-5-6-10-4/h5-9,11H,1-4H3/b7-5-,10-6?. The molecule has 1 unspecified atom stereocenters. The lowest BCUT2D eigenvalue weighted by Gasteiger charge is -2.14. The van der Waals surface area contributed by atoms with Crippen LogP contribution in [0.4, 0.5) is 0 Å². The van der Waals surface area contributed by atoms with E-state index in [4.69, 9.17) is 0 Å². The molecule has 0 saturated heterocycles. The third-order valence-corrected chi connectivity index (χ3v) is 1.69. The molecule has 64 valence electrons. The lowest BCUT2D eigenvalue weighted by atomic mass is 10.1. The molecule has 0 aliphatic heterocycles. The lowest BCUT2D eigenvalue weighted by Crippen LogP contribution is -2.25. The molecule has 0 aromatic carbocycles. The molecule has 0 radical (unpaired) electrons. The molecule has 0 aromatic rings. The molecule has 0 amide bonds. The molecule has 0 bridgehead atoms. The van der Waals surface area contributed by atoms with E-state index >= 15 is 0 Å². The molecule has 0 aromatic heterocycles. The van der Waals surface area contributed by atoms with Crippen LogP contribution in [0.5, 0.6) is 0 Å². The van der Waals surface area contributed by atoms with E-state index in [-0.39, 0.29) is 0 Å². The molecule has 2 nitrogen and oxygen atoms in total. The van der Waals surface area contributed by atoms with Gasteiger partial charge in [0.1, 0.15) is 0 Å². The van der Waals surface area contributed by atoms with Crippen molar-refractivity contribution >= 4 is 6.21 Å². The van der Waals surface area contributed by atoms with Crippen molar-refractivity contribution in [1.29, 1.82) is 0 Å². The number of hydrogen-bond donors (Lipinski definition) is 1. The summed E-state index contributed by atoms with van der Waals surface area (Å²) in [5.41, 5.74) is 0. The van der Waals surface area contributed by atoms with Crippen LogP contribution in [-0.2, 0) is 0 Å². The van der Waals surface area contributed by atoms with E-state index < -0.39 is 0 Å². The highest BCUT2D eigenvalue weighted by Gasteiger charge is 2.01. The van der Waals surface area contributed by atoms with E-state index in [1.54, 1.807) is 13.3 Å². The maximum Gasteiger partial charge on any atom is 0.0277 e. The first-order chi connectivity index (χ1) is 5.18. The Labute approximate surface area is 69.4 Å². The summed E-state index contributed by atoms with van der Waals surface area (Å²) in [5.74, 6) is 0.665. The van der Waals surface area contributed by atoms with Crippen molar-refractivity contribution < 1.29 is 0 Å². The maximum absolute atomic E-state index is 3.83. The third-order valence-electron chi connectivity index (χ3n) is 1.69. The van der Waals surface area contributed by atoms with Crippen LogP contribution in [0, 0.1) is 5.92 Å². The van der Waals surface area contributed by atoms with Crippen molar-refractivity contribution in [3.8, 4) is 0 Å². The van der Waals surface area contributed by atoms with Crippen LogP contribution in [0.1, 0.15) is 20.8 Å². The normalized spacial score (nSPS) is 15.0. The fraction of sp³-hybridized carbons (Fsp3) is 0.667. The maximum atomic E-state index is 3.83. The zero-order chi connectivity index (χ0) is 8.69. The highest BCUT2D eigenvalue weighted by atomic mass is 14.9. The van der Waals surface area contributed by atoms with Gasteiger partial charge in [0.05, 0.1) is 0 Å². The second kappa shape index (κ2) is 5.96. The number of aliphatic imine (C=N–C) groups is 1. The van der Waals surface area contributed by atoms with E-state index in [1.165, 1.54) is 0 Å². The Bertz CT molecular complexity index is 136. The van der Waals surface area contributed by atoms with Gasteiger partial charge in [-0.2, -0.15) is 0 Å². The minimum Gasteiger partial charge on any atom is -0.388 e. The topological polar surface area (TPSA) is 24.4 Å². The molecule has 0 aliphatic carbocycles. The molecule has 11 heavy (non-hydrogen) atoms. The smallest absolute Gasteiger partial charge is 0.0277 e. The number of hydrogen-bond acceptors (Lipinski definition) is 2. The van der Waals surface area contributed by atoms with Gasteiger partial charge in [-0.1, -0.05) is 13.8 Å². The predicted molar refractivity (Wildman–Crippen MR) is 51.0 cm³/mol. The summed E-state index contributed by atoms with van der Waals surface area (Å²) in [6, 6.07) is 0.525. The van der Waals surface area contributed by atoms with Gasteiger partial charge in [-0.25, -0.2) is 0 Å². The van der Waals surface area contributed by atoms with E-state index in [9.17, 15) is 0 Å². The summed E-state index contributed by atoms with van der Waals surface area (Å²) >= 11 is 0. The molecular formula is C9H18N2. The van der Waals surface area contributed by atoms with Gasteiger partial charge in [0, 0.05) is 19.3 Å². The van der Waals surface area contributed by atoms with Crippen LogP contribution in [-0.4, -0.2) is 19.3 Å². The predicted octanol–water partition coefficient (Wildman–Crippen LogP) is 1.83. The van der Waals surface area contributed by atoms with Crippen LogP contribution in [0.15, 0.2) is 17.3 Å². The lowest BCUT2D eigenvalue weighted by molar-refractivity contribution is 0.474. The van der Waals surface area contributed by atoms with Gasteiger partial charge in [-0.05, 0) is 25.1 Å². The first-order valence-corrected chi connectivity index (χ1v) is 4.01. The quantitative estimate of drug-likeness (QED) is 0.614. The van der Waals surface area contributed by atoms with Gasteiger partial charge in [0.15, 0.2) is 0 Å². The molecular weight excluding hydrogens is 136 g/mol. The van der Waals surface area contributed by atoms with E-state index in [2.05, 4.69) is 31.1 Å². The van der Waals surface area contributed by atoms with Crippen molar-refractivity contribution in [2.24, 2.45) is 10.9 Å². The van der Waals surface area contributed by atoms with E-state index in [0.717, 1.165) is 0 Å². The van der Waals surface area contributed by atoms with Gasteiger partial charge in [0.2, 0.25) is 0 Å². The summed E-state index contributed by atoms with van der Waals surface area (Å²) in [6.45, 7) is 6.55. The van der Waals surface area contributed by atoms with Gasteiger partial charge < -0.3 is 5.32 Å². The largest absolute Gasteiger partial charge is 0.388 e. The average Bonchev–Trinajstić information content (AvgIpc) is 1.97. The fourth-order valence-corrected chi connectivity index (χ4v) is 0.529. The molecule has 0 saturated carbocycles. The summed E-state index contributed by atoms with van der Waals surface area (Å²) < 4.78 is 0. The SMILES string of the molecule is CN=C/C=C\NC(C)C(C)C. The Morgan fingerprint density at radius 2 is 1.91 bits per heavy atom. The first kappa shape index (κ1) is 10.2. The van der Waals surface area contributed by atoms with Crippen molar-refractivity contribution in [2.75, 3.05) is 7.05 Å². The molecule has 0 heterocycles. The first-order valence-electron chi connectivity index (χ1n) is 4.01. The zero-order valence-corrected chi connectivity index (χ0v) is 7.83. The van der Waals surface area contributed by atoms with Gasteiger partial charge >= 0.3 is 0 Å². The number of rotatable bonds is 4. The summed E-state index contributed by atoms with van der Waals surface area (Å²) in [4.78, 5) is 3.83. The minimum atomic E-state index is 0.525. The number of nitrogens with one attached hydrogen (secondary N) is 1. The van der Waals surface area contributed by atoms with Crippen molar-refractivity contribution in [1.82, 2.24) is 5.32 Å². The summed E-state index contributed by atoms with van der Waals surface area (Å²) in [6.07, 6.45) is 5.59. The van der Waals surface area contributed by atoms with Crippen LogP contribution in [0.2, 0.25) is 0 Å². The highest BCUT2D eigenvalue weighted by Crippen LogP contribution is 1.98. The Balaban J connectivity index is 3.52. The monoisotopic (exact) mass is 154 g/mol. The zero-order valence-electron chi connectivity index (χ0n) is 7.83. The summed E-state index contributed by atoms with van der Waals surface area (Å²) in [5, 5.41) is 3.25. The Kier molecular flexibility index (Phi) is 5.53. The average molecular weight is 154 g/mol. The van der Waals surface area contributed by atoms with Crippen LogP contribution in [0.25, 0.3) is 0 Å². The number of nitrogens with zero attached hydrogens (tertiary/aromatic N) is 1. The second-order valence-electron chi connectivity index (χ2n) is 2.97. The van der Waals surface area contributed by atoms with Crippen molar-refractivity contribution in [2.45, 2.75) is 26.8 Å². The van der Waals surface area contributed by atoms with Gasteiger partial charge in [-0.15, -0.1) is 0 Å². The van der Waals surface area contributed by atoms with Crippen LogP contribution < -0.4 is 5.32 Å². The van der Waals surface area contributed by atoms with Crippen LogP contribution in [0.3, 0.4) is 0 Å². The molecule has 2 heteroatoms. The van der Waals surface area contributed by atoms with E-state index in [1.807, 2.05) is 12.3 Å². The van der Waals surface area contributed by atoms with Crippen molar-refractivity contribution in [3.63, 3.8) is 0 Å². The molecule has 1 N–H and O–H groups in total. The second-order valence-corrected chi connectivity index (χ2v) is 2.97. The Hall–Kier alpha value is -0.790. The molecule has 0 fully saturated rings. The van der Waals surface area contributed by atoms with E-state index in [0.29, 0.717) is 12.0 Å². The van der Waals surface area contributed by atoms with Crippen LogP contribution >= 0.6 is 0 Å². The van der Waals surface area contributed by atoms with Gasteiger partial charge in [0.25, 0.3) is 0 Å². The Morgan fingerprint density at radius 3 is 2.36 bits per heavy atom. The molecule has 0 aliphatic rings. The molecule has 1 atom stereocenters. The molecule has 0 spiro atoms.